The van der Waals surface area contributed by atoms with Gasteiger partial charge in [-0.05, 0) is 49.9 Å². The molecule has 0 saturated heterocycles. The van der Waals surface area contributed by atoms with E-state index in [-0.39, 0.29) is 6.04 Å². The second kappa shape index (κ2) is 4.90. The maximum Gasteiger partial charge on any atom is 0.232 e. The lowest BCUT2D eigenvalue weighted by atomic mass is 10.0. The highest BCUT2D eigenvalue weighted by molar-refractivity contribution is 7.92. The molecule has 0 bridgehead atoms. The number of hydrogen-bond donors (Lipinski definition) is 1. The summed E-state index contributed by atoms with van der Waals surface area (Å²) in [6, 6.07) is 6.06. The van der Waals surface area contributed by atoms with Crippen LogP contribution in [0.15, 0.2) is 18.2 Å². The fourth-order valence-corrected chi connectivity index (χ4v) is 3.89. The number of aryl methyl sites for hydroxylation is 1. The highest BCUT2D eigenvalue weighted by Crippen LogP contribution is 2.34. The summed E-state index contributed by atoms with van der Waals surface area (Å²) in [6.07, 6.45) is 3.97. The van der Waals surface area contributed by atoms with E-state index in [0.29, 0.717) is 6.54 Å². The minimum Gasteiger partial charge on any atom is -0.330 e. The maximum absolute atomic E-state index is 11.8. The predicted octanol–water partition coefficient (Wildman–Crippen LogP) is 1.29. The molecule has 4 nitrogen and oxygen atoms in total. The van der Waals surface area contributed by atoms with E-state index < -0.39 is 10.0 Å². The van der Waals surface area contributed by atoms with Crippen LogP contribution in [-0.2, 0) is 22.9 Å². The van der Waals surface area contributed by atoms with Crippen molar-refractivity contribution in [2.75, 3.05) is 17.1 Å². The van der Waals surface area contributed by atoms with Crippen molar-refractivity contribution in [3.63, 3.8) is 0 Å². The normalized spacial score (nSPS) is 19.1. The van der Waals surface area contributed by atoms with Crippen LogP contribution in [0.4, 0.5) is 5.69 Å². The van der Waals surface area contributed by atoms with Crippen LogP contribution in [0.3, 0.4) is 0 Å². The van der Waals surface area contributed by atoms with E-state index in [9.17, 15) is 8.42 Å². The number of benzene rings is 1. The Morgan fingerprint density at radius 3 is 2.78 bits per heavy atom. The molecule has 0 fully saturated rings. The molecule has 2 N–H and O–H groups in total. The Morgan fingerprint density at radius 2 is 2.17 bits per heavy atom. The molecule has 0 aliphatic carbocycles. The molecule has 0 amide bonds. The first-order chi connectivity index (χ1) is 8.43. The number of anilines is 1. The Balaban J connectivity index is 2.32. The van der Waals surface area contributed by atoms with Crippen LogP contribution in [0.2, 0.25) is 0 Å². The minimum atomic E-state index is -3.18. The SMILES string of the molecule is CC1Cc2cc(CCCN)ccc2N1S(C)(=O)=O. The van der Waals surface area contributed by atoms with E-state index in [1.165, 1.54) is 16.1 Å². The van der Waals surface area contributed by atoms with Gasteiger partial charge >= 0.3 is 0 Å². The average molecular weight is 268 g/mol. The molecule has 100 valence electrons. The molecule has 1 aliphatic rings. The first kappa shape index (κ1) is 13.4. The lowest BCUT2D eigenvalue weighted by Gasteiger charge is -2.21. The fraction of sp³-hybridized carbons (Fsp3) is 0.538. The quantitative estimate of drug-likeness (QED) is 0.895. The lowest BCUT2D eigenvalue weighted by molar-refractivity contribution is 0.590. The summed E-state index contributed by atoms with van der Waals surface area (Å²) in [5.74, 6) is 0. The molecule has 1 aliphatic heterocycles. The number of sulfonamides is 1. The number of rotatable bonds is 4. The van der Waals surface area contributed by atoms with Gasteiger partial charge in [-0.3, -0.25) is 4.31 Å². The Kier molecular flexibility index (Phi) is 3.64. The predicted molar refractivity (Wildman–Crippen MR) is 74.3 cm³/mol. The number of nitrogens with zero attached hydrogens (tertiary/aromatic N) is 1. The van der Waals surface area contributed by atoms with Crippen LogP contribution in [-0.4, -0.2) is 27.3 Å². The zero-order valence-corrected chi connectivity index (χ0v) is 11.7. The smallest absolute Gasteiger partial charge is 0.232 e. The molecular formula is C13H20N2O2S. The van der Waals surface area contributed by atoms with Crippen molar-refractivity contribution in [1.29, 1.82) is 0 Å². The molecule has 5 heteroatoms. The van der Waals surface area contributed by atoms with E-state index in [0.717, 1.165) is 30.5 Å². The van der Waals surface area contributed by atoms with Crippen LogP contribution in [0.25, 0.3) is 0 Å². The van der Waals surface area contributed by atoms with Crippen molar-refractivity contribution >= 4 is 15.7 Å². The Labute approximate surface area is 109 Å². The van der Waals surface area contributed by atoms with Gasteiger partial charge in [0.2, 0.25) is 10.0 Å². The molecule has 1 aromatic rings. The Bertz CT molecular complexity index is 540. The molecular weight excluding hydrogens is 248 g/mol. The van der Waals surface area contributed by atoms with E-state index in [1.807, 2.05) is 19.1 Å². The second-order valence-electron chi connectivity index (χ2n) is 4.97. The summed E-state index contributed by atoms with van der Waals surface area (Å²) in [6.45, 7) is 2.63. The Morgan fingerprint density at radius 1 is 1.44 bits per heavy atom. The van der Waals surface area contributed by atoms with Crippen molar-refractivity contribution in [2.24, 2.45) is 5.73 Å². The molecule has 18 heavy (non-hydrogen) atoms. The zero-order valence-electron chi connectivity index (χ0n) is 10.9. The molecule has 0 spiro atoms. The van der Waals surface area contributed by atoms with Gasteiger partial charge < -0.3 is 5.73 Å². The van der Waals surface area contributed by atoms with E-state index in [2.05, 4.69) is 6.07 Å². The van der Waals surface area contributed by atoms with Gasteiger partial charge in [-0.15, -0.1) is 0 Å². The standard InChI is InChI=1S/C13H20N2O2S/c1-10-8-12-9-11(4-3-7-14)5-6-13(12)15(10)18(2,16)17/h5-6,9-10H,3-4,7-8,14H2,1-2H3. The van der Waals surface area contributed by atoms with Crippen LogP contribution < -0.4 is 10.0 Å². The third-order valence-electron chi connectivity index (χ3n) is 3.32. The van der Waals surface area contributed by atoms with Gasteiger partial charge in [0.25, 0.3) is 0 Å². The summed E-state index contributed by atoms with van der Waals surface area (Å²) in [5.41, 5.74) is 8.70. The number of fused-ring (bicyclic) bond motifs is 1. The highest BCUT2D eigenvalue weighted by atomic mass is 32.2. The van der Waals surface area contributed by atoms with Crippen LogP contribution in [0.1, 0.15) is 24.5 Å². The summed E-state index contributed by atoms with van der Waals surface area (Å²) < 4.78 is 25.1. The second-order valence-corrected chi connectivity index (χ2v) is 6.83. The van der Waals surface area contributed by atoms with Crippen molar-refractivity contribution in [3.8, 4) is 0 Å². The fourth-order valence-electron chi connectivity index (χ4n) is 2.62. The largest absolute Gasteiger partial charge is 0.330 e. The molecule has 1 atom stereocenters. The van der Waals surface area contributed by atoms with Crippen molar-refractivity contribution < 1.29 is 8.42 Å². The molecule has 0 aromatic heterocycles. The molecule has 1 heterocycles. The number of nitrogens with two attached hydrogens (primary N) is 1. The van der Waals surface area contributed by atoms with Gasteiger partial charge in [0.1, 0.15) is 0 Å². The first-order valence-electron chi connectivity index (χ1n) is 6.24. The van der Waals surface area contributed by atoms with E-state index >= 15 is 0 Å². The van der Waals surface area contributed by atoms with Crippen molar-refractivity contribution in [1.82, 2.24) is 0 Å². The van der Waals surface area contributed by atoms with E-state index in [1.54, 1.807) is 0 Å². The monoisotopic (exact) mass is 268 g/mol. The van der Waals surface area contributed by atoms with Gasteiger partial charge in [-0.1, -0.05) is 12.1 Å². The van der Waals surface area contributed by atoms with Gasteiger partial charge in [-0.2, -0.15) is 0 Å². The molecule has 0 saturated carbocycles. The topological polar surface area (TPSA) is 63.4 Å². The summed E-state index contributed by atoms with van der Waals surface area (Å²) >= 11 is 0. The summed E-state index contributed by atoms with van der Waals surface area (Å²) in [4.78, 5) is 0. The summed E-state index contributed by atoms with van der Waals surface area (Å²) in [5, 5.41) is 0. The molecule has 1 unspecified atom stereocenters. The maximum atomic E-state index is 11.8. The van der Waals surface area contributed by atoms with Crippen molar-refractivity contribution in [3.05, 3.63) is 29.3 Å². The molecule has 2 rings (SSSR count). The minimum absolute atomic E-state index is 0.0137. The van der Waals surface area contributed by atoms with Gasteiger partial charge in [-0.25, -0.2) is 8.42 Å². The van der Waals surface area contributed by atoms with Crippen LogP contribution in [0, 0.1) is 0 Å². The molecule has 0 radical (unpaired) electrons. The van der Waals surface area contributed by atoms with Crippen LogP contribution >= 0.6 is 0 Å². The van der Waals surface area contributed by atoms with Crippen LogP contribution in [0.5, 0.6) is 0 Å². The third-order valence-corrected chi connectivity index (χ3v) is 4.60. The van der Waals surface area contributed by atoms with E-state index in [4.69, 9.17) is 5.73 Å². The summed E-state index contributed by atoms with van der Waals surface area (Å²) in [7, 11) is -3.18. The third kappa shape index (κ3) is 2.52. The average Bonchev–Trinajstić information content (AvgIpc) is 2.60. The zero-order chi connectivity index (χ0) is 13.3. The molecule has 1 aromatic carbocycles. The lowest BCUT2D eigenvalue weighted by Crippen LogP contribution is -2.34. The van der Waals surface area contributed by atoms with Crippen molar-refractivity contribution in [2.45, 2.75) is 32.2 Å². The van der Waals surface area contributed by atoms with Gasteiger partial charge in [0.15, 0.2) is 0 Å². The van der Waals surface area contributed by atoms with Gasteiger partial charge in [0.05, 0.1) is 11.9 Å². The Hall–Kier alpha value is -1.07. The van der Waals surface area contributed by atoms with Gasteiger partial charge in [0, 0.05) is 6.04 Å². The first-order valence-corrected chi connectivity index (χ1v) is 8.09. The number of hydrogen-bond acceptors (Lipinski definition) is 3. The highest BCUT2D eigenvalue weighted by Gasteiger charge is 2.32.